The Balaban J connectivity index is 1.45. The van der Waals surface area contributed by atoms with Crippen molar-refractivity contribution in [1.29, 1.82) is 0 Å². The number of halogens is 3. The summed E-state index contributed by atoms with van der Waals surface area (Å²) >= 11 is 9.15. The van der Waals surface area contributed by atoms with E-state index in [0.717, 1.165) is 6.07 Å². The van der Waals surface area contributed by atoms with Gasteiger partial charge in [-0.15, -0.1) is 0 Å². The van der Waals surface area contributed by atoms with Crippen molar-refractivity contribution in [2.24, 2.45) is 0 Å². The van der Waals surface area contributed by atoms with Gasteiger partial charge in [0.2, 0.25) is 5.91 Å². The van der Waals surface area contributed by atoms with E-state index in [2.05, 4.69) is 21.2 Å². The lowest BCUT2D eigenvalue weighted by Gasteiger charge is -2.35. The number of hydrogen-bond acceptors (Lipinski definition) is 3. The molecule has 3 amide bonds. The molecule has 0 aromatic heterocycles. The zero-order valence-electron chi connectivity index (χ0n) is 16.0. The Bertz CT molecular complexity index is 964. The molecule has 30 heavy (non-hydrogen) atoms. The van der Waals surface area contributed by atoms with Crippen LogP contribution >= 0.6 is 27.5 Å². The second-order valence-corrected chi connectivity index (χ2v) is 8.10. The molecule has 1 aliphatic heterocycles. The summed E-state index contributed by atoms with van der Waals surface area (Å²) in [7, 11) is 0. The van der Waals surface area contributed by atoms with E-state index in [1.165, 1.54) is 12.1 Å². The number of amides is 3. The maximum absolute atomic E-state index is 13.3. The summed E-state index contributed by atoms with van der Waals surface area (Å²) in [6.45, 7) is 1.85. The van der Waals surface area contributed by atoms with Crippen LogP contribution in [0.4, 0.5) is 4.39 Å². The van der Waals surface area contributed by atoms with Crippen LogP contribution in [0.5, 0.6) is 0 Å². The Morgan fingerprint density at radius 1 is 1.03 bits per heavy atom. The molecular formula is C21H20BrClFN3O3. The van der Waals surface area contributed by atoms with E-state index in [9.17, 15) is 18.8 Å². The van der Waals surface area contributed by atoms with Crippen molar-refractivity contribution < 1.29 is 18.8 Å². The first kappa shape index (κ1) is 22.2. The molecule has 158 valence electrons. The fourth-order valence-electron chi connectivity index (χ4n) is 3.17. The van der Waals surface area contributed by atoms with Crippen LogP contribution in [-0.2, 0) is 4.79 Å². The second kappa shape index (κ2) is 10.0. The summed E-state index contributed by atoms with van der Waals surface area (Å²) in [6.07, 6.45) is 0.126. The molecule has 1 aliphatic rings. The minimum Gasteiger partial charge on any atom is -0.351 e. The van der Waals surface area contributed by atoms with Crippen LogP contribution in [0.1, 0.15) is 27.1 Å². The van der Waals surface area contributed by atoms with Crippen LogP contribution in [-0.4, -0.2) is 60.2 Å². The Morgan fingerprint density at radius 2 is 1.73 bits per heavy atom. The number of benzene rings is 2. The molecule has 1 saturated heterocycles. The molecule has 2 aromatic rings. The van der Waals surface area contributed by atoms with Crippen molar-refractivity contribution in [2.45, 2.75) is 6.42 Å². The zero-order valence-corrected chi connectivity index (χ0v) is 18.4. The fourth-order valence-corrected chi connectivity index (χ4v) is 3.79. The highest BCUT2D eigenvalue weighted by atomic mass is 79.9. The van der Waals surface area contributed by atoms with E-state index in [-0.39, 0.29) is 30.3 Å². The molecule has 0 radical (unpaired) electrons. The van der Waals surface area contributed by atoms with Gasteiger partial charge in [-0.3, -0.25) is 14.4 Å². The normalized spacial score (nSPS) is 13.8. The minimum absolute atomic E-state index is 0.108. The lowest BCUT2D eigenvalue weighted by atomic mass is 10.1. The molecule has 1 heterocycles. The first-order valence-corrected chi connectivity index (χ1v) is 10.6. The summed E-state index contributed by atoms with van der Waals surface area (Å²) in [4.78, 5) is 40.5. The van der Waals surface area contributed by atoms with Crippen molar-refractivity contribution in [3.8, 4) is 0 Å². The highest BCUT2D eigenvalue weighted by molar-refractivity contribution is 9.10. The summed E-state index contributed by atoms with van der Waals surface area (Å²) in [6, 6.07) is 10.6. The molecular weight excluding hydrogens is 477 g/mol. The first-order valence-electron chi connectivity index (χ1n) is 9.41. The summed E-state index contributed by atoms with van der Waals surface area (Å²) in [5.74, 6) is -1.18. The van der Waals surface area contributed by atoms with Crippen LogP contribution < -0.4 is 5.32 Å². The predicted octanol–water partition coefficient (Wildman–Crippen LogP) is 3.35. The molecule has 1 fully saturated rings. The number of carbonyl (C=O) groups excluding carboxylic acids is 3. The third-order valence-electron chi connectivity index (χ3n) is 4.79. The molecule has 9 heteroatoms. The molecule has 2 aromatic carbocycles. The van der Waals surface area contributed by atoms with E-state index < -0.39 is 11.7 Å². The standard InChI is InChI=1S/C21H20BrClFN3O3/c22-18-5-4-16(24)13-17(18)20(29)25-7-6-19(28)26-8-10-27(11-9-26)21(30)14-2-1-3-15(23)12-14/h1-5,12-13H,6-11H2,(H,25,29). The zero-order chi connectivity index (χ0) is 21.7. The second-order valence-electron chi connectivity index (χ2n) is 6.81. The summed E-state index contributed by atoms with van der Waals surface area (Å²) in [5.41, 5.74) is 0.698. The SMILES string of the molecule is O=C(NCCC(=O)N1CCN(C(=O)c2cccc(Cl)c2)CC1)c1cc(F)ccc1Br. The van der Waals surface area contributed by atoms with Gasteiger partial charge in [-0.05, 0) is 52.3 Å². The number of nitrogens with zero attached hydrogens (tertiary/aromatic N) is 2. The molecule has 0 bridgehead atoms. The van der Waals surface area contributed by atoms with Crippen molar-refractivity contribution >= 4 is 45.3 Å². The molecule has 1 N–H and O–H groups in total. The van der Waals surface area contributed by atoms with Gasteiger partial charge in [0, 0.05) is 54.2 Å². The number of nitrogens with one attached hydrogen (secondary N) is 1. The first-order chi connectivity index (χ1) is 14.3. The van der Waals surface area contributed by atoms with E-state index in [1.807, 2.05) is 0 Å². The number of piperazine rings is 1. The van der Waals surface area contributed by atoms with E-state index >= 15 is 0 Å². The van der Waals surface area contributed by atoms with Crippen LogP contribution in [0.3, 0.4) is 0 Å². The maximum atomic E-state index is 13.3. The molecule has 6 nitrogen and oxygen atoms in total. The number of rotatable bonds is 5. The molecule has 3 rings (SSSR count). The average Bonchev–Trinajstić information content (AvgIpc) is 2.74. The average molecular weight is 497 g/mol. The van der Waals surface area contributed by atoms with Gasteiger partial charge in [0.1, 0.15) is 5.82 Å². The lowest BCUT2D eigenvalue weighted by Crippen LogP contribution is -2.51. The Labute approximate surface area is 187 Å². The molecule has 0 unspecified atom stereocenters. The van der Waals surface area contributed by atoms with E-state index in [4.69, 9.17) is 11.6 Å². The van der Waals surface area contributed by atoms with E-state index in [1.54, 1.807) is 34.1 Å². The predicted molar refractivity (Wildman–Crippen MR) is 115 cm³/mol. The van der Waals surface area contributed by atoms with Crippen molar-refractivity contribution in [1.82, 2.24) is 15.1 Å². The van der Waals surface area contributed by atoms with Gasteiger partial charge in [0.15, 0.2) is 0 Å². The summed E-state index contributed by atoms with van der Waals surface area (Å²) < 4.78 is 13.8. The van der Waals surface area contributed by atoms with Gasteiger partial charge >= 0.3 is 0 Å². The topological polar surface area (TPSA) is 69.7 Å². The van der Waals surface area contributed by atoms with Crippen LogP contribution in [0, 0.1) is 5.82 Å². The third kappa shape index (κ3) is 5.58. The minimum atomic E-state index is -0.510. The lowest BCUT2D eigenvalue weighted by molar-refractivity contribution is -0.132. The highest BCUT2D eigenvalue weighted by Crippen LogP contribution is 2.18. The van der Waals surface area contributed by atoms with Gasteiger partial charge in [0.25, 0.3) is 11.8 Å². The molecule has 0 atom stereocenters. The Morgan fingerprint density at radius 3 is 2.43 bits per heavy atom. The number of hydrogen-bond donors (Lipinski definition) is 1. The Kier molecular flexibility index (Phi) is 7.44. The molecule has 0 aliphatic carbocycles. The van der Waals surface area contributed by atoms with Crippen LogP contribution in [0.25, 0.3) is 0 Å². The highest BCUT2D eigenvalue weighted by Gasteiger charge is 2.25. The molecule has 0 saturated carbocycles. The van der Waals surface area contributed by atoms with Gasteiger partial charge in [-0.1, -0.05) is 17.7 Å². The quantitative estimate of drug-likeness (QED) is 0.690. The van der Waals surface area contributed by atoms with Crippen LogP contribution in [0.2, 0.25) is 5.02 Å². The smallest absolute Gasteiger partial charge is 0.254 e. The van der Waals surface area contributed by atoms with Gasteiger partial charge < -0.3 is 15.1 Å². The molecule has 0 spiro atoms. The van der Waals surface area contributed by atoms with Crippen molar-refractivity contribution in [3.63, 3.8) is 0 Å². The monoisotopic (exact) mass is 495 g/mol. The van der Waals surface area contributed by atoms with Crippen molar-refractivity contribution in [3.05, 3.63) is 68.9 Å². The number of carbonyl (C=O) groups is 3. The van der Waals surface area contributed by atoms with Crippen LogP contribution in [0.15, 0.2) is 46.9 Å². The fraction of sp³-hybridized carbons (Fsp3) is 0.286. The Hall–Kier alpha value is -2.45. The van der Waals surface area contributed by atoms with E-state index in [0.29, 0.717) is 41.2 Å². The van der Waals surface area contributed by atoms with Gasteiger partial charge in [0.05, 0.1) is 5.56 Å². The van der Waals surface area contributed by atoms with Crippen molar-refractivity contribution in [2.75, 3.05) is 32.7 Å². The maximum Gasteiger partial charge on any atom is 0.254 e. The van der Waals surface area contributed by atoms with Gasteiger partial charge in [-0.2, -0.15) is 0 Å². The third-order valence-corrected chi connectivity index (χ3v) is 5.72. The largest absolute Gasteiger partial charge is 0.351 e. The summed E-state index contributed by atoms with van der Waals surface area (Å²) in [5, 5.41) is 3.13. The van der Waals surface area contributed by atoms with Gasteiger partial charge in [-0.25, -0.2) is 4.39 Å².